The largest absolute Gasteiger partial charge is 0.161 e. The van der Waals surface area contributed by atoms with Crippen molar-refractivity contribution in [2.45, 2.75) is 52.4 Å². The Morgan fingerprint density at radius 3 is 1.36 bits per heavy atom. The summed E-state index contributed by atoms with van der Waals surface area (Å²) in [4.78, 5) is 0. The fourth-order valence-corrected chi connectivity index (χ4v) is 3.40. The van der Waals surface area contributed by atoms with Crippen LogP contribution in [0.4, 0.5) is 0 Å². The molecule has 0 aliphatic heterocycles. The highest BCUT2D eigenvalue weighted by atomic mass is 32.2. The maximum absolute atomic E-state index is 2.27. The van der Waals surface area contributed by atoms with Gasteiger partial charge in [0.05, 0.1) is 0 Å². The van der Waals surface area contributed by atoms with Crippen molar-refractivity contribution in [1.29, 1.82) is 0 Å². The van der Waals surface area contributed by atoms with E-state index < -0.39 is 0 Å². The second kappa shape index (κ2) is 13.7. The SMILES string of the molecule is CCCCCSCCSCCCCC. The zero-order valence-electron chi connectivity index (χ0n) is 9.89. The average molecular weight is 234 g/mol. The summed E-state index contributed by atoms with van der Waals surface area (Å²) < 4.78 is 0. The van der Waals surface area contributed by atoms with Crippen molar-refractivity contribution < 1.29 is 0 Å². The molecule has 0 aromatic rings. The van der Waals surface area contributed by atoms with Gasteiger partial charge in [-0.1, -0.05) is 39.5 Å². The summed E-state index contributed by atoms with van der Waals surface area (Å²) in [7, 11) is 0. The molecule has 0 unspecified atom stereocenters. The van der Waals surface area contributed by atoms with Gasteiger partial charge in [0, 0.05) is 11.5 Å². The van der Waals surface area contributed by atoms with Crippen molar-refractivity contribution in [3.63, 3.8) is 0 Å². The van der Waals surface area contributed by atoms with Gasteiger partial charge in [0.25, 0.3) is 0 Å². The highest BCUT2D eigenvalue weighted by Gasteiger charge is 1.91. The average Bonchev–Trinajstić information content (AvgIpc) is 2.21. The van der Waals surface area contributed by atoms with Crippen LogP contribution in [0.25, 0.3) is 0 Å². The maximum atomic E-state index is 2.27. The van der Waals surface area contributed by atoms with Crippen molar-refractivity contribution in [2.24, 2.45) is 0 Å². The molecule has 14 heavy (non-hydrogen) atoms. The number of unbranched alkanes of at least 4 members (excludes halogenated alkanes) is 4. The van der Waals surface area contributed by atoms with Gasteiger partial charge in [-0.05, 0) is 24.3 Å². The molecule has 0 radical (unpaired) electrons. The van der Waals surface area contributed by atoms with E-state index in [0.29, 0.717) is 0 Å². The van der Waals surface area contributed by atoms with E-state index in [1.807, 2.05) is 0 Å². The molecular weight excluding hydrogens is 208 g/mol. The molecule has 0 amide bonds. The first kappa shape index (κ1) is 14.7. The maximum Gasteiger partial charge on any atom is 0.00235 e. The van der Waals surface area contributed by atoms with Crippen LogP contribution in [0.15, 0.2) is 0 Å². The van der Waals surface area contributed by atoms with E-state index in [1.165, 1.54) is 61.5 Å². The summed E-state index contributed by atoms with van der Waals surface area (Å²) in [6, 6.07) is 0. The minimum absolute atomic E-state index is 1.35. The summed E-state index contributed by atoms with van der Waals surface area (Å²) in [6.45, 7) is 4.54. The van der Waals surface area contributed by atoms with E-state index in [2.05, 4.69) is 37.4 Å². The van der Waals surface area contributed by atoms with Gasteiger partial charge in [-0.25, -0.2) is 0 Å². The molecule has 0 saturated carbocycles. The molecule has 0 heterocycles. The monoisotopic (exact) mass is 234 g/mol. The zero-order valence-corrected chi connectivity index (χ0v) is 11.5. The van der Waals surface area contributed by atoms with Gasteiger partial charge >= 0.3 is 0 Å². The van der Waals surface area contributed by atoms with Crippen molar-refractivity contribution in [3.8, 4) is 0 Å². The first-order valence-corrected chi connectivity index (χ1v) is 8.38. The van der Waals surface area contributed by atoms with Crippen LogP contribution in [0.3, 0.4) is 0 Å². The lowest BCUT2D eigenvalue weighted by molar-refractivity contribution is 0.778. The molecule has 0 nitrogen and oxygen atoms in total. The Kier molecular flexibility index (Phi) is 14.4. The molecule has 0 aromatic carbocycles. The second-order valence-electron chi connectivity index (χ2n) is 3.64. The minimum atomic E-state index is 1.35. The Bertz CT molecular complexity index is 82.3. The fraction of sp³-hybridized carbons (Fsp3) is 1.00. The molecule has 0 rings (SSSR count). The van der Waals surface area contributed by atoms with E-state index in [0.717, 1.165) is 0 Å². The molecule has 0 N–H and O–H groups in total. The van der Waals surface area contributed by atoms with Crippen molar-refractivity contribution in [3.05, 3.63) is 0 Å². The molecule has 0 saturated heterocycles. The van der Waals surface area contributed by atoms with Crippen molar-refractivity contribution in [1.82, 2.24) is 0 Å². The summed E-state index contributed by atoms with van der Waals surface area (Å²) in [6.07, 6.45) is 8.37. The quantitative estimate of drug-likeness (QED) is 0.470. The van der Waals surface area contributed by atoms with E-state index in [9.17, 15) is 0 Å². The molecule has 0 fully saturated rings. The predicted octanol–water partition coefficient (Wildman–Crippen LogP) is 4.83. The molecule has 0 aliphatic rings. The molecule has 0 aliphatic carbocycles. The standard InChI is InChI=1S/C12H26S2/c1-3-5-7-9-13-11-12-14-10-8-6-4-2/h3-12H2,1-2H3. The summed E-state index contributed by atoms with van der Waals surface area (Å²) >= 11 is 4.27. The lowest BCUT2D eigenvalue weighted by Gasteiger charge is -2.01. The van der Waals surface area contributed by atoms with Crippen LogP contribution in [-0.2, 0) is 0 Å². The number of hydrogen-bond acceptors (Lipinski definition) is 2. The third-order valence-electron chi connectivity index (χ3n) is 2.16. The minimum Gasteiger partial charge on any atom is -0.161 e. The van der Waals surface area contributed by atoms with Crippen LogP contribution < -0.4 is 0 Å². The van der Waals surface area contributed by atoms with Gasteiger partial charge in [0.1, 0.15) is 0 Å². The Labute approximate surface area is 99.0 Å². The summed E-state index contributed by atoms with van der Waals surface area (Å²) in [5.74, 6) is 5.48. The van der Waals surface area contributed by atoms with Gasteiger partial charge in [0.2, 0.25) is 0 Å². The van der Waals surface area contributed by atoms with Gasteiger partial charge in [0.15, 0.2) is 0 Å². The van der Waals surface area contributed by atoms with Crippen LogP contribution in [0.1, 0.15) is 52.4 Å². The van der Waals surface area contributed by atoms with E-state index in [4.69, 9.17) is 0 Å². The molecule has 0 atom stereocenters. The van der Waals surface area contributed by atoms with Gasteiger partial charge < -0.3 is 0 Å². The first-order chi connectivity index (χ1) is 6.91. The third kappa shape index (κ3) is 12.7. The molecule has 86 valence electrons. The molecule has 2 heteroatoms. The molecule has 0 spiro atoms. The van der Waals surface area contributed by atoms with Gasteiger partial charge in [-0.15, -0.1) is 0 Å². The highest BCUT2D eigenvalue weighted by Crippen LogP contribution is 2.11. The lowest BCUT2D eigenvalue weighted by atomic mass is 10.3. The van der Waals surface area contributed by atoms with Crippen LogP contribution in [0.2, 0.25) is 0 Å². The van der Waals surface area contributed by atoms with Gasteiger partial charge in [-0.2, -0.15) is 23.5 Å². The predicted molar refractivity (Wildman–Crippen MR) is 73.7 cm³/mol. The zero-order chi connectivity index (χ0) is 10.5. The van der Waals surface area contributed by atoms with Crippen LogP contribution >= 0.6 is 23.5 Å². The number of hydrogen-bond donors (Lipinski definition) is 0. The van der Waals surface area contributed by atoms with Crippen LogP contribution in [0.5, 0.6) is 0 Å². The fourth-order valence-electron chi connectivity index (χ4n) is 1.23. The van der Waals surface area contributed by atoms with Crippen LogP contribution in [0, 0.1) is 0 Å². The molecule has 0 aromatic heterocycles. The van der Waals surface area contributed by atoms with Crippen molar-refractivity contribution >= 4 is 23.5 Å². The summed E-state index contributed by atoms with van der Waals surface area (Å²) in [5, 5.41) is 0. The molecular formula is C12H26S2. The number of thioether (sulfide) groups is 2. The second-order valence-corrected chi connectivity index (χ2v) is 6.09. The smallest absolute Gasteiger partial charge is 0.00235 e. The Balaban J connectivity index is 2.78. The van der Waals surface area contributed by atoms with Crippen molar-refractivity contribution in [2.75, 3.05) is 23.0 Å². The van der Waals surface area contributed by atoms with E-state index >= 15 is 0 Å². The molecule has 0 bridgehead atoms. The van der Waals surface area contributed by atoms with E-state index in [1.54, 1.807) is 0 Å². The normalized spacial score (nSPS) is 10.7. The highest BCUT2D eigenvalue weighted by molar-refractivity contribution is 8.02. The number of rotatable bonds is 11. The van der Waals surface area contributed by atoms with Gasteiger partial charge in [-0.3, -0.25) is 0 Å². The first-order valence-electron chi connectivity index (χ1n) is 6.07. The third-order valence-corrected chi connectivity index (χ3v) is 4.56. The summed E-state index contributed by atoms with van der Waals surface area (Å²) in [5.41, 5.74) is 0. The van der Waals surface area contributed by atoms with E-state index in [-0.39, 0.29) is 0 Å². The lowest BCUT2D eigenvalue weighted by Crippen LogP contribution is -1.89. The Morgan fingerprint density at radius 1 is 0.571 bits per heavy atom. The Morgan fingerprint density at radius 2 is 1.00 bits per heavy atom. The van der Waals surface area contributed by atoms with Crippen LogP contribution in [-0.4, -0.2) is 23.0 Å². The Hall–Kier alpha value is 0.700. The topological polar surface area (TPSA) is 0 Å².